The summed E-state index contributed by atoms with van der Waals surface area (Å²) in [5.41, 5.74) is 1.94. The van der Waals surface area contributed by atoms with E-state index in [-0.39, 0.29) is 13.2 Å². The molecule has 0 amide bonds. The molecule has 2 atom stereocenters. The molecule has 1 aliphatic heterocycles. The lowest BCUT2D eigenvalue weighted by Crippen LogP contribution is -2.44. The molecule has 0 aliphatic carbocycles. The Morgan fingerprint density at radius 1 is 0.938 bits per heavy atom. The Labute approximate surface area is 94.4 Å². The molecule has 0 fully saturated rings. The van der Waals surface area contributed by atoms with E-state index in [1.54, 1.807) is 0 Å². The number of fused-ring (bicyclic) bond motifs is 1. The highest BCUT2D eigenvalue weighted by atomic mass is 16.6. The standard InChI is InChI=1S/C12H16O4/c1-7-3-4-8(2)12-11(7)15-9(5-13)10(6-14)16-12/h3-4,9-10,13-14H,5-6H2,1-2H3/t9-,10-/m1/s1. The van der Waals surface area contributed by atoms with E-state index < -0.39 is 12.2 Å². The number of ether oxygens (including phenoxy) is 2. The van der Waals surface area contributed by atoms with Crippen molar-refractivity contribution >= 4 is 0 Å². The predicted octanol–water partition coefficient (Wildman–Crippen LogP) is 0.796. The number of hydrogen-bond acceptors (Lipinski definition) is 4. The van der Waals surface area contributed by atoms with Gasteiger partial charge in [0.05, 0.1) is 13.2 Å². The Hall–Kier alpha value is -1.26. The van der Waals surface area contributed by atoms with E-state index >= 15 is 0 Å². The van der Waals surface area contributed by atoms with Crippen LogP contribution in [0.3, 0.4) is 0 Å². The lowest BCUT2D eigenvalue weighted by Gasteiger charge is -2.33. The summed E-state index contributed by atoms with van der Waals surface area (Å²) in [5, 5.41) is 18.3. The van der Waals surface area contributed by atoms with Crippen molar-refractivity contribution in [3.05, 3.63) is 23.3 Å². The molecule has 2 rings (SSSR count). The van der Waals surface area contributed by atoms with Crippen molar-refractivity contribution in [3.63, 3.8) is 0 Å². The predicted molar refractivity (Wildman–Crippen MR) is 58.9 cm³/mol. The average Bonchev–Trinajstić information content (AvgIpc) is 2.32. The van der Waals surface area contributed by atoms with Gasteiger partial charge in [-0.2, -0.15) is 0 Å². The molecule has 0 bridgehead atoms. The molecule has 1 heterocycles. The van der Waals surface area contributed by atoms with Gasteiger partial charge in [0.15, 0.2) is 23.7 Å². The third-order valence-corrected chi connectivity index (χ3v) is 2.82. The second kappa shape index (κ2) is 4.31. The van der Waals surface area contributed by atoms with E-state index in [2.05, 4.69) is 0 Å². The summed E-state index contributed by atoms with van der Waals surface area (Å²) in [6, 6.07) is 3.90. The molecule has 4 nitrogen and oxygen atoms in total. The first-order valence-electron chi connectivity index (χ1n) is 5.32. The molecule has 0 spiro atoms. The van der Waals surface area contributed by atoms with Crippen LogP contribution in [-0.2, 0) is 0 Å². The molecule has 88 valence electrons. The van der Waals surface area contributed by atoms with Crippen LogP contribution in [0.5, 0.6) is 11.5 Å². The van der Waals surface area contributed by atoms with Gasteiger partial charge in [-0.25, -0.2) is 0 Å². The van der Waals surface area contributed by atoms with Crippen LogP contribution in [0.15, 0.2) is 12.1 Å². The number of rotatable bonds is 2. The summed E-state index contributed by atoms with van der Waals surface area (Å²) in [4.78, 5) is 0. The smallest absolute Gasteiger partial charge is 0.165 e. The van der Waals surface area contributed by atoms with Gasteiger partial charge in [0.25, 0.3) is 0 Å². The molecule has 1 aliphatic rings. The summed E-state index contributed by atoms with van der Waals surface area (Å²) >= 11 is 0. The summed E-state index contributed by atoms with van der Waals surface area (Å²) in [5.74, 6) is 1.34. The molecule has 0 aromatic heterocycles. The Morgan fingerprint density at radius 2 is 1.31 bits per heavy atom. The highest BCUT2D eigenvalue weighted by molar-refractivity contribution is 5.52. The monoisotopic (exact) mass is 224 g/mol. The Morgan fingerprint density at radius 3 is 1.62 bits per heavy atom. The summed E-state index contributed by atoms with van der Waals surface area (Å²) < 4.78 is 11.3. The Bertz CT molecular complexity index is 352. The normalized spacial score (nSPS) is 23.2. The number of benzene rings is 1. The average molecular weight is 224 g/mol. The second-order valence-corrected chi connectivity index (χ2v) is 4.04. The third-order valence-electron chi connectivity index (χ3n) is 2.82. The van der Waals surface area contributed by atoms with Gasteiger partial charge in [-0.1, -0.05) is 12.1 Å². The number of hydrogen-bond donors (Lipinski definition) is 2. The van der Waals surface area contributed by atoms with Gasteiger partial charge in [-0.15, -0.1) is 0 Å². The van der Waals surface area contributed by atoms with Gasteiger partial charge < -0.3 is 19.7 Å². The molecule has 1 aromatic rings. The van der Waals surface area contributed by atoms with Crippen molar-refractivity contribution in [3.8, 4) is 11.5 Å². The van der Waals surface area contributed by atoms with E-state index in [1.807, 2.05) is 26.0 Å². The second-order valence-electron chi connectivity index (χ2n) is 4.04. The SMILES string of the molecule is Cc1ccc(C)c2c1O[C@H](CO)[C@@H](CO)O2. The fourth-order valence-electron chi connectivity index (χ4n) is 1.82. The van der Waals surface area contributed by atoms with E-state index in [1.165, 1.54) is 0 Å². The number of aliphatic hydroxyl groups excluding tert-OH is 2. The van der Waals surface area contributed by atoms with Crippen LogP contribution in [0.1, 0.15) is 11.1 Å². The topological polar surface area (TPSA) is 58.9 Å². The lowest BCUT2D eigenvalue weighted by molar-refractivity contribution is -0.0358. The highest BCUT2D eigenvalue weighted by Gasteiger charge is 2.32. The van der Waals surface area contributed by atoms with Gasteiger partial charge in [0.1, 0.15) is 0 Å². The van der Waals surface area contributed by atoms with Gasteiger partial charge in [0.2, 0.25) is 0 Å². The maximum Gasteiger partial charge on any atom is 0.165 e. The van der Waals surface area contributed by atoms with Crippen molar-refractivity contribution < 1.29 is 19.7 Å². The molecule has 16 heavy (non-hydrogen) atoms. The van der Waals surface area contributed by atoms with Crippen LogP contribution < -0.4 is 9.47 Å². The van der Waals surface area contributed by atoms with Gasteiger partial charge in [-0.3, -0.25) is 0 Å². The Kier molecular flexibility index (Phi) is 3.03. The molecule has 1 aromatic carbocycles. The number of aliphatic hydroxyl groups is 2. The third kappa shape index (κ3) is 1.74. The van der Waals surface area contributed by atoms with Crippen LogP contribution in [-0.4, -0.2) is 35.6 Å². The molecule has 0 saturated heterocycles. The zero-order valence-electron chi connectivity index (χ0n) is 9.43. The van der Waals surface area contributed by atoms with E-state index in [0.717, 1.165) is 11.1 Å². The van der Waals surface area contributed by atoms with Crippen molar-refractivity contribution in [2.24, 2.45) is 0 Å². The van der Waals surface area contributed by atoms with Crippen LogP contribution in [0.25, 0.3) is 0 Å². The molecular formula is C12H16O4. The first-order valence-corrected chi connectivity index (χ1v) is 5.32. The first-order chi connectivity index (χ1) is 7.67. The summed E-state index contributed by atoms with van der Waals surface area (Å²) in [6.07, 6.45) is -1.00. The van der Waals surface area contributed by atoms with Crippen LogP contribution in [0.2, 0.25) is 0 Å². The van der Waals surface area contributed by atoms with Crippen LogP contribution in [0, 0.1) is 13.8 Å². The Balaban J connectivity index is 2.41. The zero-order valence-corrected chi connectivity index (χ0v) is 9.43. The maximum absolute atomic E-state index is 9.16. The van der Waals surface area contributed by atoms with E-state index in [4.69, 9.17) is 19.7 Å². The minimum absolute atomic E-state index is 0.169. The molecule has 0 radical (unpaired) electrons. The van der Waals surface area contributed by atoms with Crippen molar-refractivity contribution in [2.45, 2.75) is 26.1 Å². The van der Waals surface area contributed by atoms with Gasteiger partial charge in [0, 0.05) is 0 Å². The molecule has 4 heteroatoms. The minimum atomic E-state index is -0.502. The van der Waals surface area contributed by atoms with E-state index in [0.29, 0.717) is 11.5 Å². The first kappa shape index (κ1) is 11.2. The highest BCUT2D eigenvalue weighted by Crippen LogP contribution is 2.39. The van der Waals surface area contributed by atoms with Gasteiger partial charge in [-0.05, 0) is 25.0 Å². The lowest BCUT2D eigenvalue weighted by atomic mass is 10.1. The minimum Gasteiger partial charge on any atom is -0.480 e. The molecular weight excluding hydrogens is 208 g/mol. The quantitative estimate of drug-likeness (QED) is 0.780. The van der Waals surface area contributed by atoms with Crippen LogP contribution >= 0.6 is 0 Å². The summed E-state index contributed by atoms with van der Waals surface area (Å²) in [6.45, 7) is 3.51. The summed E-state index contributed by atoms with van der Waals surface area (Å²) in [7, 11) is 0. The van der Waals surface area contributed by atoms with Crippen LogP contribution in [0.4, 0.5) is 0 Å². The van der Waals surface area contributed by atoms with Crippen molar-refractivity contribution in [1.82, 2.24) is 0 Å². The van der Waals surface area contributed by atoms with E-state index in [9.17, 15) is 0 Å². The fraction of sp³-hybridized carbons (Fsp3) is 0.500. The van der Waals surface area contributed by atoms with Crippen molar-refractivity contribution in [1.29, 1.82) is 0 Å². The largest absolute Gasteiger partial charge is 0.480 e. The van der Waals surface area contributed by atoms with Crippen molar-refractivity contribution in [2.75, 3.05) is 13.2 Å². The fourth-order valence-corrected chi connectivity index (χ4v) is 1.82. The maximum atomic E-state index is 9.16. The number of aryl methyl sites for hydroxylation is 2. The molecule has 2 N–H and O–H groups in total. The molecule has 0 saturated carbocycles. The zero-order chi connectivity index (χ0) is 11.7. The molecule has 0 unspecified atom stereocenters. The van der Waals surface area contributed by atoms with Gasteiger partial charge >= 0.3 is 0 Å².